The van der Waals surface area contributed by atoms with Crippen molar-refractivity contribution in [3.8, 4) is 33.2 Å². The molecule has 184 valence electrons. The highest BCUT2D eigenvalue weighted by Gasteiger charge is 2.19. The molecular weight excluding hydrogens is 489 g/mol. The topological polar surface area (TPSA) is 112 Å². The lowest BCUT2D eigenvalue weighted by molar-refractivity contribution is -0.116. The molecule has 0 aliphatic rings. The second kappa shape index (κ2) is 9.21. The van der Waals surface area contributed by atoms with E-state index >= 15 is 4.39 Å². The molecule has 6 aromatic rings. The minimum Gasteiger partial charge on any atom is -0.337 e. The summed E-state index contributed by atoms with van der Waals surface area (Å²) in [6.07, 6.45) is 6.12. The van der Waals surface area contributed by atoms with Gasteiger partial charge in [0, 0.05) is 34.6 Å². The quantitative estimate of drug-likeness (QED) is 0.237. The number of nitrogens with zero attached hydrogens (tertiary/aromatic N) is 4. The van der Waals surface area contributed by atoms with Gasteiger partial charge in [0.2, 0.25) is 5.91 Å². The standard InChI is InChI=1S/C27H22FN7OS/c1-3-4-22(36)31-17-9-16(12-29-13-17)15-10-18-23(19(28)11-15)34-35-24(18)27-32-20-7-8-30-26(25(20)33-27)21-6-5-14(2)37-21/h5-13H,3-4H2,1-2H3,(H,31,36)(H,32,33)(H,34,35). The van der Waals surface area contributed by atoms with Crippen molar-refractivity contribution < 1.29 is 9.18 Å². The summed E-state index contributed by atoms with van der Waals surface area (Å²) in [4.78, 5) is 31.2. The van der Waals surface area contributed by atoms with Gasteiger partial charge >= 0.3 is 0 Å². The summed E-state index contributed by atoms with van der Waals surface area (Å²) < 4.78 is 15.2. The van der Waals surface area contributed by atoms with Gasteiger partial charge in [0.15, 0.2) is 11.6 Å². The number of rotatable bonds is 6. The van der Waals surface area contributed by atoms with Crippen molar-refractivity contribution in [2.24, 2.45) is 0 Å². The summed E-state index contributed by atoms with van der Waals surface area (Å²) in [5, 5.41) is 10.6. The SMILES string of the molecule is CCCC(=O)Nc1cncc(-c2cc(F)c3n[nH]c(-c4nc5c(-c6ccc(C)s6)nccc5[nH]4)c3c2)c1. The zero-order chi connectivity index (χ0) is 25.5. The number of nitrogens with one attached hydrogen (secondary N) is 3. The molecule has 0 atom stereocenters. The van der Waals surface area contributed by atoms with E-state index in [1.807, 2.05) is 25.1 Å². The fraction of sp³-hybridized carbons (Fsp3) is 0.148. The number of benzene rings is 1. The van der Waals surface area contributed by atoms with Gasteiger partial charge in [0.1, 0.15) is 22.4 Å². The monoisotopic (exact) mass is 511 g/mol. The number of aromatic nitrogens is 6. The number of H-pyrrole nitrogens is 2. The highest BCUT2D eigenvalue weighted by Crippen LogP contribution is 2.35. The van der Waals surface area contributed by atoms with Crippen molar-refractivity contribution in [1.82, 2.24) is 30.1 Å². The summed E-state index contributed by atoms with van der Waals surface area (Å²) in [5.41, 5.74) is 4.98. The number of anilines is 1. The van der Waals surface area contributed by atoms with Crippen LogP contribution in [0.1, 0.15) is 24.6 Å². The van der Waals surface area contributed by atoms with Gasteiger partial charge in [-0.05, 0) is 55.3 Å². The number of carbonyl (C=O) groups is 1. The van der Waals surface area contributed by atoms with Gasteiger partial charge in [-0.15, -0.1) is 11.3 Å². The van der Waals surface area contributed by atoms with Gasteiger partial charge in [-0.3, -0.25) is 19.9 Å². The van der Waals surface area contributed by atoms with Crippen LogP contribution in [0.5, 0.6) is 0 Å². The number of halogens is 1. The van der Waals surface area contributed by atoms with Crippen molar-refractivity contribution in [2.75, 3.05) is 5.32 Å². The smallest absolute Gasteiger partial charge is 0.224 e. The molecule has 0 spiro atoms. The van der Waals surface area contributed by atoms with Crippen molar-refractivity contribution >= 4 is 44.9 Å². The van der Waals surface area contributed by atoms with E-state index in [4.69, 9.17) is 4.98 Å². The number of aromatic amines is 2. The first-order chi connectivity index (χ1) is 18.0. The Kier molecular flexibility index (Phi) is 5.72. The molecule has 0 fully saturated rings. The Labute approximate surface area is 215 Å². The molecule has 0 unspecified atom stereocenters. The number of imidazole rings is 1. The van der Waals surface area contributed by atoms with Gasteiger partial charge in [0.25, 0.3) is 0 Å². The lowest BCUT2D eigenvalue weighted by atomic mass is 10.0. The maximum absolute atomic E-state index is 15.2. The molecular formula is C27H22FN7OS. The first-order valence-corrected chi connectivity index (χ1v) is 12.7. The van der Waals surface area contributed by atoms with Crippen LogP contribution in [0.15, 0.2) is 55.0 Å². The molecule has 10 heteroatoms. The highest BCUT2D eigenvalue weighted by molar-refractivity contribution is 7.15. The zero-order valence-corrected chi connectivity index (χ0v) is 20.9. The predicted octanol–water partition coefficient (Wildman–Crippen LogP) is 6.48. The van der Waals surface area contributed by atoms with Crippen LogP contribution < -0.4 is 5.32 Å². The third kappa shape index (κ3) is 4.25. The van der Waals surface area contributed by atoms with E-state index in [0.29, 0.717) is 40.1 Å². The summed E-state index contributed by atoms with van der Waals surface area (Å²) >= 11 is 1.66. The zero-order valence-electron chi connectivity index (χ0n) is 20.1. The molecule has 0 saturated carbocycles. The Morgan fingerprint density at radius 3 is 2.81 bits per heavy atom. The Morgan fingerprint density at radius 1 is 1.11 bits per heavy atom. The van der Waals surface area contributed by atoms with Crippen molar-refractivity contribution in [3.05, 3.63) is 65.7 Å². The average Bonchev–Trinajstić information content (AvgIpc) is 3.61. The molecule has 0 radical (unpaired) electrons. The number of thiophene rings is 1. The number of amides is 1. The minimum atomic E-state index is -0.469. The van der Waals surface area contributed by atoms with Crippen molar-refractivity contribution in [2.45, 2.75) is 26.7 Å². The largest absolute Gasteiger partial charge is 0.337 e. The highest BCUT2D eigenvalue weighted by atomic mass is 32.1. The van der Waals surface area contributed by atoms with E-state index in [1.165, 1.54) is 10.9 Å². The van der Waals surface area contributed by atoms with Crippen LogP contribution in [0.3, 0.4) is 0 Å². The van der Waals surface area contributed by atoms with E-state index < -0.39 is 5.82 Å². The van der Waals surface area contributed by atoms with Crippen LogP contribution >= 0.6 is 11.3 Å². The van der Waals surface area contributed by atoms with Gasteiger partial charge < -0.3 is 10.3 Å². The number of hydrogen-bond acceptors (Lipinski definition) is 6. The van der Waals surface area contributed by atoms with E-state index in [2.05, 4.69) is 43.5 Å². The Balaban J connectivity index is 1.43. The Morgan fingerprint density at radius 2 is 2.00 bits per heavy atom. The summed E-state index contributed by atoms with van der Waals surface area (Å²) in [6, 6.07) is 11.0. The summed E-state index contributed by atoms with van der Waals surface area (Å²) in [6.45, 7) is 3.99. The van der Waals surface area contributed by atoms with E-state index in [1.54, 1.807) is 36.0 Å². The van der Waals surface area contributed by atoms with Gasteiger partial charge in [-0.25, -0.2) is 9.37 Å². The molecule has 8 nitrogen and oxygen atoms in total. The summed E-state index contributed by atoms with van der Waals surface area (Å²) in [7, 11) is 0. The molecule has 0 aliphatic heterocycles. The molecule has 3 N–H and O–H groups in total. The normalized spacial score (nSPS) is 11.4. The van der Waals surface area contributed by atoms with E-state index in [0.717, 1.165) is 28.0 Å². The van der Waals surface area contributed by atoms with Crippen LogP contribution in [0.4, 0.5) is 10.1 Å². The molecule has 1 aromatic carbocycles. The molecule has 1 amide bonds. The fourth-order valence-electron chi connectivity index (χ4n) is 4.34. The fourth-order valence-corrected chi connectivity index (χ4v) is 5.20. The molecule has 0 saturated heterocycles. The second-order valence-electron chi connectivity index (χ2n) is 8.76. The number of fused-ring (bicyclic) bond motifs is 2. The van der Waals surface area contributed by atoms with Gasteiger partial charge in [0.05, 0.1) is 22.3 Å². The first kappa shape index (κ1) is 23.0. The number of pyridine rings is 2. The summed E-state index contributed by atoms with van der Waals surface area (Å²) in [5.74, 6) is -0.0186. The Hall–Kier alpha value is -4.44. The van der Waals surface area contributed by atoms with Crippen LogP contribution in [-0.4, -0.2) is 36.0 Å². The van der Waals surface area contributed by atoms with Crippen molar-refractivity contribution in [1.29, 1.82) is 0 Å². The number of hydrogen-bond donors (Lipinski definition) is 3. The van der Waals surface area contributed by atoms with E-state index in [9.17, 15) is 4.79 Å². The molecule has 6 rings (SSSR count). The Bertz CT molecular complexity index is 1780. The number of carbonyl (C=O) groups excluding carboxylic acids is 1. The maximum atomic E-state index is 15.2. The third-order valence-corrected chi connectivity index (χ3v) is 7.06. The predicted molar refractivity (Wildman–Crippen MR) is 144 cm³/mol. The maximum Gasteiger partial charge on any atom is 0.224 e. The van der Waals surface area contributed by atoms with Crippen LogP contribution in [-0.2, 0) is 4.79 Å². The van der Waals surface area contributed by atoms with Crippen LogP contribution in [0.25, 0.3) is 55.2 Å². The molecule has 0 aliphatic carbocycles. The minimum absolute atomic E-state index is 0.0864. The molecule has 5 heterocycles. The second-order valence-corrected chi connectivity index (χ2v) is 10.1. The van der Waals surface area contributed by atoms with Crippen molar-refractivity contribution in [3.63, 3.8) is 0 Å². The number of aryl methyl sites for hydroxylation is 1. The lowest BCUT2D eigenvalue weighted by Gasteiger charge is -2.07. The third-order valence-electron chi connectivity index (χ3n) is 6.06. The molecule has 37 heavy (non-hydrogen) atoms. The average molecular weight is 512 g/mol. The van der Waals surface area contributed by atoms with Gasteiger partial charge in [-0.1, -0.05) is 6.92 Å². The lowest BCUT2D eigenvalue weighted by Crippen LogP contribution is -2.10. The van der Waals surface area contributed by atoms with Crippen LogP contribution in [0, 0.1) is 12.7 Å². The van der Waals surface area contributed by atoms with Gasteiger partial charge in [-0.2, -0.15) is 5.10 Å². The molecule has 5 aromatic heterocycles. The first-order valence-electron chi connectivity index (χ1n) is 11.8. The van der Waals surface area contributed by atoms with E-state index in [-0.39, 0.29) is 11.4 Å². The van der Waals surface area contributed by atoms with Crippen LogP contribution in [0.2, 0.25) is 0 Å². The molecule has 0 bridgehead atoms.